The molecule has 1 amide bonds. The minimum Gasteiger partial charge on any atom is -0.484 e. The lowest BCUT2D eigenvalue weighted by molar-refractivity contribution is -0.122. The summed E-state index contributed by atoms with van der Waals surface area (Å²) in [5.74, 6) is 2.10. The largest absolute Gasteiger partial charge is 0.484 e. The van der Waals surface area contributed by atoms with Crippen LogP contribution < -0.4 is 15.4 Å². The molecule has 2 N–H and O–H groups in total. The molecular formula is C22H32N6O2. The van der Waals surface area contributed by atoms with Crippen molar-refractivity contribution in [3.8, 4) is 5.75 Å². The van der Waals surface area contributed by atoms with Gasteiger partial charge in [-0.25, -0.2) is 0 Å². The molecule has 0 spiro atoms. The van der Waals surface area contributed by atoms with Gasteiger partial charge >= 0.3 is 0 Å². The van der Waals surface area contributed by atoms with E-state index in [-0.39, 0.29) is 12.5 Å². The fourth-order valence-corrected chi connectivity index (χ4v) is 3.76. The number of hydrogen-bond acceptors (Lipinski definition) is 4. The zero-order valence-corrected chi connectivity index (χ0v) is 18.1. The average molecular weight is 413 g/mol. The molecule has 1 aliphatic rings. The molecule has 0 aliphatic carbocycles. The van der Waals surface area contributed by atoms with Gasteiger partial charge in [-0.2, -0.15) is 5.10 Å². The number of aliphatic imine (C=N–C) groups is 1. The summed E-state index contributed by atoms with van der Waals surface area (Å²) in [6, 6.07) is 7.79. The van der Waals surface area contributed by atoms with Gasteiger partial charge in [-0.1, -0.05) is 12.1 Å². The second kappa shape index (κ2) is 10.7. The molecule has 1 aliphatic heterocycles. The Hall–Kier alpha value is -3.03. The van der Waals surface area contributed by atoms with E-state index in [4.69, 9.17) is 4.74 Å². The van der Waals surface area contributed by atoms with Gasteiger partial charge < -0.3 is 20.3 Å². The summed E-state index contributed by atoms with van der Waals surface area (Å²) in [6.07, 6.45) is 6.25. The molecule has 1 aromatic heterocycles. The zero-order valence-electron chi connectivity index (χ0n) is 18.1. The predicted octanol–water partition coefficient (Wildman–Crippen LogP) is 1.58. The maximum absolute atomic E-state index is 11.6. The molecule has 8 nitrogen and oxygen atoms in total. The van der Waals surface area contributed by atoms with Crippen LogP contribution >= 0.6 is 0 Å². The van der Waals surface area contributed by atoms with Crippen LogP contribution in [0, 0.1) is 5.92 Å². The Balaban J connectivity index is 1.48. The fourth-order valence-electron chi connectivity index (χ4n) is 3.76. The van der Waals surface area contributed by atoms with Gasteiger partial charge in [-0.3, -0.25) is 14.5 Å². The number of hydrogen-bond donors (Lipinski definition) is 2. The van der Waals surface area contributed by atoms with Crippen molar-refractivity contribution >= 4 is 11.9 Å². The molecule has 2 aromatic rings. The molecule has 2 heterocycles. The number of aryl methyl sites for hydroxylation is 1. The average Bonchev–Trinajstić information content (AvgIpc) is 3.37. The van der Waals surface area contributed by atoms with Gasteiger partial charge in [0.05, 0.1) is 6.20 Å². The van der Waals surface area contributed by atoms with E-state index in [2.05, 4.69) is 31.8 Å². The van der Waals surface area contributed by atoms with Gasteiger partial charge in [-0.15, -0.1) is 0 Å². The van der Waals surface area contributed by atoms with Crippen molar-refractivity contribution in [2.45, 2.75) is 26.3 Å². The second-order valence-corrected chi connectivity index (χ2v) is 7.62. The van der Waals surface area contributed by atoms with Gasteiger partial charge in [0, 0.05) is 46.5 Å². The van der Waals surface area contributed by atoms with Crippen LogP contribution in [0.2, 0.25) is 0 Å². The third-order valence-electron chi connectivity index (χ3n) is 5.17. The van der Waals surface area contributed by atoms with Crippen LogP contribution in [0.4, 0.5) is 0 Å². The lowest BCUT2D eigenvalue weighted by atomic mass is 10.0. The molecule has 1 saturated heterocycles. The predicted molar refractivity (Wildman–Crippen MR) is 117 cm³/mol. The Morgan fingerprint density at radius 1 is 1.33 bits per heavy atom. The lowest BCUT2D eigenvalue weighted by Gasteiger charge is -2.22. The first-order valence-electron chi connectivity index (χ1n) is 10.5. The third kappa shape index (κ3) is 6.23. The van der Waals surface area contributed by atoms with E-state index in [9.17, 15) is 4.79 Å². The van der Waals surface area contributed by atoms with E-state index in [1.807, 2.05) is 56.2 Å². The van der Waals surface area contributed by atoms with E-state index in [0.717, 1.165) is 37.5 Å². The minimum atomic E-state index is -0.115. The summed E-state index contributed by atoms with van der Waals surface area (Å²) in [5, 5.41) is 10.4. The monoisotopic (exact) mass is 412 g/mol. The smallest absolute Gasteiger partial charge is 0.257 e. The number of aromatic nitrogens is 2. The molecule has 162 valence electrons. The van der Waals surface area contributed by atoms with E-state index in [1.165, 1.54) is 5.56 Å². The first kappa shape index (κ1) is 21.7. The first-order valence-corrected chi connectivity index (χ1v) is 10.5. The van der Waals surface area contributed by atoms with Crippen molar-refractivity contribution in [2.24, 2.45) is 18.0 Å². The Morgan fingerprint density at radius 3 is 2.93 bits per heavy atom. The molecule has 0 radical (unpaired) electrons. The van der Waals surface area contributed by atoms with Crippen molar-refractivity contribution in [3.05, 3.63) is 47.8 Å². The number of rotatable bonds is 8. The summed E-state index contributed by atoms with van der Waals surface area (Å²) in [6.45, 7) is 5.15. The molecule has 1 atom stereocenters. The molecule has 30 heavy (non-hydrogen) atoms. The highest BCUT2D eigenvalue weighted by Gasteiger charge is 2.25. The van der Waals surface area contributed by atoms with E-state index >= 15 is 0 Å². The highest BCUT2D eigenvalue weighted by atomic mass is 16.5. The molecule has 8 heteroatoms. The van der Waals surface area contributed by atoms with Gasteiger partial charge in [-0.05, 0) is 48.9 Å². The Labute approximate surface area is 178 Å². The molecule has 1 aromatic carbocycles. The van der Waals surface area contributed by atoms with Crippen molar-refractivity contribution in [3.63, 3.8) is 0 Å². The Bertz CT molecular complexity index is 863. The van der Waals surface area contributed by atoms with Crippen molar-refractivity contribution < 1.29 is 9.53 Å². The number of carbonyl (C=O) groups excluding carboxylic acids is 1. The standard InChI is InChI=1S/C22H32N6O2/c1-4-24-21(29)16-30-20-7-5-6-17(11-20)12-25-22(23-2)28-9-8-18(15-28)10-19-13-26-27(3)14-19/h5-7,11,13-14,18H,4,8-10,12,15-16H2,1-3H3,(H,23,25)(H,24,29). The Morgan fingerprint density at radius 2 is 2.20 bits per heavy atom. The maximum Gasteiger partial charge on any atom is 0.257 e. The summed E-state index contributed by atoms with van der Waals surface area (Å²) in [4.78, 5) is 18.4. The van der Waals surface area contributed by atoms with Crippen molar-refractivity contribution in [2.75, 3.05) is 33.3 Å². The van der Waals surface area contributed by atoms with Gasteiger partial charge in [0.2, 0.25) is 0 Å². The zero-order chi connectivity index (χ0) is 21.3. The number of benzene rings is 1. The van der Waals surface area contributed by atoms with Crippen molar-refractivity contribution in [1.82, 2.24) is 25.3 Å². The number of amides is 1. The summed E-state index contributed by atoms with van der Waals surface area (Å²) >= 11 is 0. The van der Waals surface area contributed by atoms with Gasteiger partial charge in [0.1, 0.15) is 5.75 Å². The molecule has 0 bridgehead atoms. The topological polar surface area (TPSA) is 83.8 Å². The van der Waals surface area contributed by atoms with Gasteiger partial charge in [0.25, 0.3) is 5.91 Å². The van der Waals surface area contributed by atoms with Crippen LogP contribution in [-0.4, -0.2) is 59.8 Å². The summed E-state index contributed by atoms with van der Waals surface area (Å²) < 4.78 is 7.44. The van der Waals surface area contributed by atoms with Crippen LogP contribution in [0.3, 0.4) is 0 Å². The SMILES string of the molecule is CCNC(=O)COc1cccc(CNC(=NC)N2CCC(Cc3cnn(C)c3)C2)c1. The molecule has 1 fully saturated rings. The number of nitrogens with one attached hydrogen (secondary N) is 2. The molecule has 0 saturated carbocycles. The number of carbonyl (C=O) groups is 1. The number of ether oxygens (including phenoxy) is 1. The fraction of sp³-hybridized carbons (Fsp3) is 0.500. The van der Waals surface area contributed by atoms with Crippen LogP contribution in [0.25, 0.3) is 0 Å². The maximum atomic E-state index is 11.6. The Kier molecular flexibility index (Phi) is 7.70. The number of nitrogens with zero attached hydrogens (tertiary/aromatic N) is 4. The van der Waals surface area contributed by atoms with E-state index in [0.29, 0.717) is 24.8 Å². The number of likely N-dealkylation sites (N-methyl/N-ethyl adjacent to an activating group) is 1. The molecule has 3 rings (SSSR count). The quantitative estimate of drug-likeness (QED) is 0.508. The minimum absolute atomic E-state index is 0.0263. The van der Waals surface area contributed by atoms with Crippen LogP contribution in [0.5, 0.6) is 5.75 Å². The third-order valence-corrected chi connectivity index (χ3v) is 5.17. The van der Waals surface area contributed by atoms with Crippen molar-refractivity contribution in [1.29, 1.82) is 0 Å². The summed E-state index contributed by atoms with van der Waals surface area (Å²) in [7, 11) is 3.78. The van der Waals surface area contributed by atoms with E-state index < -0.39 is 0 Å². The summed E-state index contributed by atoms with van der Waals surface area (Å²) in [5.41, 5.74) is 2.37. The van der Waals surface area contributed by atoms with Crippen LogP contribution in [0.15, 0.2) is 41.7 Å². The lowest BCUT2D eigenvalue weighted by Crippen LogP contribution is -2.39. The highest BCUT2D eigenvalue weighted by Crippen LogP contribution is 2.21. The van der Waals surface area contributed by atoms with Crippen LogP contribution in [0.1, 0.15) is 24.5 Å². The van der Waals surface area contributed by atoms with E-state index in [1.54, 1.807) is 0 Å². The molecule has 1 unspecified atom stereocenters. The first-order chi connectivity index (χ1) is 14.6. The van der Waals surface area contributed by atoms with Gasteiger partial charge in [0.15, 0.2) is 12.6 Å². The van der Waals surface area contributed by atoms with Crippen LogP contribution in [-0.2, 0) is 24.8 Å². The highest BCUT2D eigenvalue weighted by molar-refractivity contribution is 5.80. The normalized spacial score (nSPS) is 16.6. The second-order valence-electron chi connectivity index (χ2n) is 7.62. The number of likely N-dealkylation sites (tertiary alicyclic amines) is 1. The number of guanidine groups is 1. The molecular weight excluding hydrogens is 380 g/mol.